The minimum absolute atomic E-state index is 0.229. The van der Waals surface area contributed by atoms with Gasteiger partial charge in [0.1, 0.15) is 0 Å². The Morgan fingerprint density at radius 1 is 1.20 bits per heavy atom. The first kappa shape index (κ1) is 18.7. The van der Waals surface area contributed by atoms with Gasteiger partial charge in [0.25, 0.3) is 0 Å². The number of fused-ring (bicyclic) bond motifs is 3. The van der Waals surface area contributed by atoms with Crippen LogP contribution in [0.4, 0.5) is 0 Å². The first-order valence-electron chi connectivity index (χ1n) is 9.92. The average molecular weight is 347 g/mol. The van der Waals surface area contributed by atoms with Gasteiger partial charge in [-0.3, -0.25) is 0 Å². The fourth-order valence-electron chi connectivity index (χ4n) is 5.45. The molecule has 0 saturated heterocycles. The molecule has 0 aromatic carbocycles. The zero-order valence-corrected chi connectivity index (χ0v) is 16.7. The smallest absolute Gasteiger partial charge is 0.333 e. The van der Waals surface area contributed by atoms with E-state index in [0.29, 0.717) is 29.6 Å². The van der Waals surface area contributed by atoms with E-state index >= 15 is 0 Å². The van der Waals surface area contributed by atoms with E-state index in [1.54, 1.807) is 13.2 Å². The van der Waals surface area contributed by atoms with Crippen molar-refractivity contribution in [3.63, 3.8) is 0 Å². The Labute approximate surface area is 152 Å². The van der Waals surface area contributed by atoms with E-state index in [4.69, 9.17) is 9.47 Å². The molecule has 140 valence electrons. The van der Waals surface area contributed by atoms with Crippen LogP contribution in [-0.2, 0) is 14.3 Å². The summed E-state index contributed by atoms with van der Waals surface area (Å²) < 4.78 is 11.3. The number of allylic oxidation sites excluding steroid dienone is 2. The molecule has 6 atom stereocenters. The largest absolute Gasteiger partial charge is 0.426 e. The normalized spacial score (nSPS) is 40.0. The highest BCUT2D eigenvalue weighted by atomic mass is 16.7. The number of ether oxygens (including phenoxy) is 2. The van der Waals surface area contributed by atoms with Crippen LogP contribution in [0.5, 0.6) is 0 Å². The number of carbonyl (C=O) groups excluding carboxylic acids is 1. The quantitative estimate of drug-likeness (QED) is 0.512. The highest BCUT2D eigenvalue weighted by Gasteiger charge is 2.60. The third-order valence-corrected chi connectivity index (χ3v) is 7.49. The van der Waals surface area contributed by atoms with Crippen LogP contribution in [0.2, 0.25) is 0 Å². The molecule has 0 aromatic heterocycles. The fraction of sp³-hybridized carbons (Fsp3) is 0.773. The van der Waals surface area contributed by atoms with E-state index in [0.717, 1.165) is 24.8 Å². The third kappa shape index (κ3) is 2.99. The Kier molecular flexibility index (Phi) is 4.91. The number of hydrogen-bond donors (Lipinski definition) is 0. The van der Waals surface area contributed by atoms with Gasteiger partial charge in [0.2, 0.25) is 5.79 Å². The van der Waals surface area contributed by atoms with E-state index in [-0.39, 0.29) is 11.4 Å². The van der Waals surface area contributed by atoms with Gasteiger partial charge in [-0.1, -0.05) is 46.8 Å². The van der Waals surface area contributed by atoms with Crippen molar-refractivity contribution in [1.29, 1.82) is 0 Å². The van der Waals surface area contributed by atoms with Crippen molar-refractivity contribution in [2.24, 2.45) is 35.0 Å². The molecular formula is C22H34O3. The molecule has 3 heteroatoms. The van der Waals surface area contributed by atoms with Crippen molar-refractivity contribution >= 4 is 5.97 Å². The molecule has 3 aliphatic rings. The van der Waals surface area contributed by atoms with Crippen LogP contribution in [0.25, 0.3) is 0 Å². The minimum atomic E-state index is -0.776. The lowest BCUT2D eigenvalue weighted by atomic mass is 9.60. The van der Waals surface area contributed by atoms with Crippen LogP contribution in [0.3, 0.4) is 0 Å². The predicted octanol–water partition coefficient (Wildman–Crippen LogP) is 5.12. The second-order valence-electron chi connectivity index (χ2n) is 9.07. The Hall–Kier alpha value is -1.09. The summed E-state index contributed by atoms with van der Waals surface area (Å²) in [6, 6.07) is 0. The first-order chi connectivity index (χ1) is 11.7. The second-order valence-corrected chi connectivity index (χ2v) is 9.07. The van der Waals surface area contributed by atoms with Gasteiger partial charge in [-0.2, -0.15) is 0 Å². The van der Waals surface area contributed by atoms with Gasteiger partial charge in [-0.15, -0.1) is 0 Å². The molecule has 2 saturated carbocycles. The molecule has 3 rings (SSSR count). The Balaban J connectivity index is 1.81. The molecule has 25 heavy (non-hydrogen) atoms. The molecule has 2 fully saturated rings. The number of rotatable bonds is 5. The summed E-state index contributed by atoms with van der Waals surface area (Å²) in [4.78, 5) is 11.9. The highest BCUT2D eigenvalue weighted by Crippen LogP contribution is 2.63. The number of esters is 1. The second kappa shape index (κ2) is 6.57. The predicted molar refractivity (Wildman–Crippen MR) is 99.8 cm³/mol. The van der Waals surface area contributed by atoms with Crippen molar-refractivity contribution in [3.8, 4) is 0 Å². The average Bonchev–Trinajstić information content (AvgIpc) is 3.08. The number of methoxy groups -OCH3 is 1. The number of hydrogen-bond acceptors (Lipinski definition) is 3. The van der Waals surface area contributed by atoms with Gasteiger partial charge in [-0.25, -0.2) is 4.79 Å². The summed E-state index contributed by atoms with van der Waals surface area (Å²) in [7, 11) is 1.67. The molecule has 0 spiro atoms. The maximum Gasteiger partial charge on any atom is 0.333 e. The van der Waals surface area contributed by atoms with Crippen molar-refractivity contribution in [1.82, 2.24) is 0 Å². The summed E-state index contributed by atoms with van der Waals surface area (Å²) in [5.41, 5.74) is 1.33. The fourth-order valence-corrected chi connectivity index (χ4v) is 5.45. The molecule has 1 unspecified atom stereocenters. The third-order valence-electron chi connectivity index (χ3n) is 7.49. The molecule has 1 aliphatic heterocycles. The van der Waals surface area contributed by atoms with Crippen LogP contribution < -0.4 is 0 Å². The SMILES string of the molecule is CO[C@]12CC[C@@]3(C)C(CC[C@@H]3[C@H](C)/C=C/[C@H](C)C(C)C)C1=CC(=O)O2. The van der Waals surface area contributed by atoms with Gasteiger partial charge in [-0.05, 0) is 54.3 Å². The molecule has 2 aliphatic carbocycles. The molecule has 1 heterocycles. The summed E-state index contributed by atoms with van der Waals surface area (Å²) >= 11 is 0. The molecule has 0 aromatic rings. The van der Waals surface area contributed by atoms with Crippen molar-refractivity contribution in [2.75, 3.05) is 7.11 Å². The van der Waals surface area contributed by atoms with Crippen LogP contribution in [0.1, 0.15) is 60.3 Å². The maximum absolute atomic E-state index is 11.9. The van der Waals surface area contributed by atoms with Crippen LogP contribution in [-0.4, -0.2) is 18.9 Å². The number of carbonyl (C=O) groups is 1. The molecule has 0 radical (unpaired) electrons. The minimum Gasteiger partial charge on any atom is -0.426 e. The summed E-state index contributed by atoms with van der Waals surface area (Å²) in [6.45, 7) is 11.6. The van der Waals surface area contributed by atoms with Gasteiger partial charge in [0.15, 0.2) is 0 Å². The lowest BCUT2D eigenvalue weighted by Gasteiger charge is -2.48. The summed E-state index contributed by atoms with van der Waals surface area (Å²) in [5.74, 6) is 1.90. The lowest BCUT2D eigenvalue weighted by molar-refractivity contribution is -0.208. The van der Waals surface area contributed by atoms with Crippen LogP contribution in [0, 0.1) is 35.0 Å². The zero-order valence-electron chi connectivity index (χ0n) is 16.7. The summed E-state index contributed by atoms with van der Waals surface area (Å²) in [6.07, 6.45) is 10.7. The Morgan fingerprint density at radius 2 is 1.92 bits per heavy atom. The van der Waals surface area contributed by atoms with Gasteiger partial charge in [0.05, 0.1) is 0 Å². The van der Waals surface area contributed by atoms with E-state index in [1.165, 1.54) is 6.42 Å². The van der Waals surface area contributed by atoms with Crippen LogP contribution >= 0.6 is 0 Å². The van der Waals surface area contributed by atoms with E-state index < -0.39 is 5.79 Å². The molecule has 3 nitrogen and oxygen atoms in total. The Morgan fingerprint density at radius 3 is 2.56 bits per heavy atom. The van der Waals surface area contributed by atoms with Gasteiger partial charge in [0, 0.05) is 25.2 Å². The molecule has 0 bridgehead atoms. The van der Waals surface area contributed by atoms with Gasteiger partial charge < -0.3 is 9.47 Å². The molecule has 0 amide bonds. The van der Waals surface area contributed by atoms with Crippen molar-refractivity contribution < 1.29 is 14.3 Å². The van der Waals surface area contributed by atoms with Crippen LogP contribution in [0.15, 0.2) is 23.8 Å². The molecular weight excluding hydrogens is 312 g/mol. The molecule has 0 N–H and O–H groups in total. The van der Waals surface area contributed by atoms with Crippen molar-refractivity contribution in [3.05, 3.63) is 23.8 Å². The van der Waals surface area contributed by atoms with Crippen molar-refractivity contribution in [2.45, 2.75) is 66.1 Å². The monoisotopic (exact) mass is 346 g/mol. The van der Waals surface area contributed by atoms with E-state index in [9.17, 15) is 4.79 Å². The van der Waals surface area contributed by atoms with E-state index in [1.807, 2.05) is 0 Å². The maximum atomic E-state index is 11.9. The standard InChI is InChI=1S/C22H34O3/c1-14(2)15(3)7-8-16(4)17-9-10-18-19-13-20(23)25-22(19,24-6)12-11-21(17,18)5/h7-8,13-18H,9-12H2,1-6H3/b8-7+/t15-,16+,17+,18?,21+,22-/m0/s1. The van der Waals surface area contributed by atoms with Gasteiger partial charge >= 0.3 is 5.97 Å². The topological polar surface area (TPSA) is 35.5 Å². The Bertz CT molecular complexity index is 590. The zero-order chi connectivity index (χ0) is 18.4. The van der Waals surface area contributed by atoms with E-state index in [2.05, 4.69) is 46.8 Å². The lowest BCUT2D eigenvalue weighted by Crippen LogP contribution is -2.47. The highest BCUT2D eigenvalue weighted by molar-refractivity contribution is 5.86. The summed E-state index contributed by atoms with van der Waals surface area (Å²) in [5, 5.41) is 0. The first-order valence-corrected chi connectivity index (χ1v) is 9.92.